The van der Waals surface area contributed by atoms with Crippen LogP contribution >= 0.6 is 0 Å². The van der Waals surface area contributed by atoms with E-state index in [2.05, 4.69) is 4.98 Å². The SMILES string of the molecule is C[C@@H]1CN(C(=O)CCn2cnc3c2c(=O)n(C)c(=O)n3C)C[C@H](C)O1. The highest BCUT2D eigenvalue weighted by molar-refractivity contribution is 5.77. The summed E-state index contributed by atoms with van der Waals surface area (Å²) >= 11 is 0. The Morgan fingerprint density at radius 1 is 1.20 bits per heavy atom. The second-order valence-corrected chi connectivity index (χ2v) is 6.62. The van der Waals surface area contributed by atoms with Crippen LogP contribution in [-0.2, 0) is 30.2 Å². The summed E-state index contributed by atoms with van der Waals surface area (Å²) < 4.78 is 9.67. The fourth-order valence-electron chi connectivity index (χ4n) is 3.32. The number of rotatable bonds is 3. The molecule has 0 saturated carbocycles. The van der Waals surface area contributed by atoms with Crippen molar-refractivity contribution in [1.82, 2.24) is 23.6 Å². The Kier molecular flexibility index (Phi) is 4.51. The lowest BCUT2D eigenvalue weighted by Crippen LogP contribution is -2.48. The second kappa shape index (κ2) is 6.47. The Labute approximate surface area is 144 Å². The van der Waals surface area contributed by atoms with E-state index in [0.717, 1.165) is 4.57 Å². The molecule has 9 nitrogen and oxygen atoms in total. The summed E-state index contributed by atoms with van der Waals surface area (Å²) in [6.07, 6.45) is 1.80. The maximum Gasteiger partial charge on any atom is 0.332 e. The van der Waals surface area contributed by atoms with Crippen LogP contribution in [0.2, 0.25) is 0 Å². The van der Waals surface area contributed by atoms with Gasteiger partial charge in [-0.25, -0.2) is 9.78 Å². The molecule has 3 heterocycles. The molecule has 1 saturated heterocycles. The number of imidazole rings is 1. The van der Waals surface area contributed by atoms with Gasteiger partial charge in [0.2, 0.25) is 5.91 Å². The monoisotopic (exact) mass is 349 g/mol. The van der Waals surface area contributed by atoms with Crippen LogP contribution in [0.4, 0.5) is 0 Å². The Hall–Kier alpha value is -2.42. The fourth-order valence-corrected chi connectivity index (χ4v) is 3.32. The highest BCUT2D eigenvalue weighted by atomic mass is 16.5. The molecule has 0 unspecified atom stereocenters. The van der Waals surface area contributed by atoms with Crippen LogP contribution < -0.4 is 11.2 Å². The molecule has 25 heavy (non-hydrogen) atoms. The van der Waals surface area contributed by atoms with E-state index in [1.807, 2.05) is 13.8 Å². The van der Waals surface area contributed by atoms with Gasteiger partial charge in [-0.05, 0) is 13.8 Å². The minimum atomic E-state index is -0.421. The fraction of sp³-hybridized carbons (Fsp3) is 0.625. The number of amides is 1. The van der Waals surface area contributed by atoms with Crippen molar-refractivity contribution in [3.63, 3.8) is 0 Å². The average molecular weight is 349 g/mol. The van der Waals surface area contributed by atoms with Gasteiger partial charge in [-0.15, -0.1) is 0 Å². The number of ether oxygens (including phenoxy) is 1. The van der Waals surface area contributed by atoms with Gasteiger partial charge in [0.1, 0.15) is 0 Å². The standard InChI is InChI=1S/C16H23N5O4/c1-10-7-21(8-11(2)25-10)12(22)5-6-20-9-17-14-13(20)15(23)19(4)16(24)18(14)3/h9-11H,5-8H2,1-4H3/t10-,11+. The number of carbonyl (C=O) groups excluding carboxylic acids is 1. The number of carbonyl (C=O) groups is 1. The highest BCUT2D eigenvalue weighted by Crippen LogP contribution is 2.13. The van der Waals surface area contributed by atoms with E-state index in [-0.39, 0.29) is 24.5 Å². The third-order valence-electron chi connectivity index (χ3n) is 4.56. The van der Waals surface area contributed by atoms with E-state index in [4.69, 9.17) is 4.74 Å². The van der Waals surface area contributed by atoms with Gasteiger partial charge in [-0.2, -0.15) is 0 Å². The zero-order valence-corrected chi connectivity index (χ0v) is 14.9. The minimum absolute atomic E-state index is 0.0172. The number of hydrogen-bond donors (Lipinski definition) is 0. The van der Waals surface area contributed by atoms with Crippen LogP contribution in [0.1, 0.15) is 20.3 Å². The number of aryl methyl sites for hydroxylation is 2. The van der Waals surface area contributed by atoms with E-state index in [0.29, 0.717) is 30.8 Å². The van der Waals surface area contributed by atoms with Crippen molar-refractivity contribution >= 4 is 17.1 Å². The van der Waals surface area contributed by atoms with E-state index >= 15 is 0 Å². The third-order valence-corrected chi connectivity index (χ3v) is 4.56. The first-order valence-corrected chi connectivity index (χ1v) is 8.33. The van der Waals surface area contributed by atoms with Crippen molar-refractivity contribution in [3.05, 3.63) is 27.2 Å². The van der Waals surface area contributed by atoms with Gasteiger partial charge in [-0.1, -0.05) is 0 Å². The number of nitrogens with zero attached hydrogens (tertiary/aromatic N) is 5. The molecule has 0 radical (unpaired) electrons. The zero-order chi connectivity index (χ0) is 18.3. The summed E-state index contributed by atoms with van der Waals surface area (Å²) in [7, 11) is 3.01. The first-order chi connectivity index (χ1) is 11.8. The molecule has 0 spiro atoms. The van der Waals surface area contributed by atoms with Crippen molar-refractivity contribution < 1.29 is 9.53 Å². The van der Waals surface area contributed by atoms with E-state index in [9.17, 15) is 14.4 Å². The molecule has 136 valence electrons. The molecular weight excluding hydrogens is 326 g/mol. The van der Waals surface area contributed by atoms with Crippen molar-refractivity contribution in [2.45, 2.75) is 39.0 Å². The number of morpholine rings is 1. The van der Waals surface area contributed by atoms with Gasteiger partial charge in [0.25, 0.3) is 5.56 Å². The van der Waals surface area contributed by atoms with Crippen LogP contribution in [-0.4, -0.2) is 54.8 Å². The molecule has 1 amide bonds. The Balaban J connectivity index is 1.81. The van der Waals surface area contributed by atoms with Gasteiger partial charge in [0.05, 0.1) is 18.5 Å². The molecular formula is C16H23N5O4. The Morgan fingerprint density at radius 3 is 2.48 bits per heavy atom. The van der Waals surface area contributed by atoms with Gasteiger partial charge < -0.3 is 14.2 Å². The topological polar surface area (TPSA) is 91.4 Å². The molecule has 2 aromatic rings. The summed E-state index contributed by atoms with van der Waals surface area (Å²) in [4.78, 5) is 42.8. The maximum atomic E-state index is 12.5. The van der Waals surface area contributed by atoms with Crippen LogP contribution in [0, 0.1) is 0 Å². The molecule has 2 aromatic heterocycles. The molecule has 0 aromatic carbocycles. The van der Waals surface area contributed by atoms with Gasteiger partial charge in [0.15, 0.2) is 11.2 Å². The van der Waals surface area contributed by atoms with Crippen molar-refractivity contribution in [2.24, 2.45) is 14.1 Å². The van der Waals surface area contributed by atoms with Gasteiger partial charge in [0, 0.05) is 40.2 Å². The number of fused-ring (bicyclic) bond motifs is 1. The molecule has 3 rings (SSSR count). The van der Waals surface area contributed by atoms with Crippen molar-refractivity contribution in [3.8, 4) is 0 Å². The van der Waals surface area contributed by atoms with Crippen LogP contribution in [0.5, 0.6) is 0 Å². The molecule has 9 heteroatoms. The van der Waals surface area contributed by atoms with Gasteiger partial charge >= 0.3 is 5.69 Å². The van der Waals surface area contributed by atoms with Crippen LogP contribution in [0.15, 0.2) is 15.9 Å². The predicted molar refractivity (Wildman–Crippen MR) is 91.4 cm³/mol. The lowest BCUT2D eigenvalue weighted by molar-refractivity contribution is -0.143. The van der Waals surface area contributed by atoms with Crippen molar-refractivity contribution in [1.29, 1.82) is 0 Å². The maximum absolute atomic E-state index is 12.5. The lowest BCUT2D eigenvalue weighted by Gasteiger charge is -2.35. The molecule has 1 aliphatic rings. The summed E-state index contributed by atoms with van der Waals surface area (Å²) in [5.41, 5.74) is -0.165. The summed E-state index contributed by atoms with van der Waals surface area (Å²) in [5, 5.41) is 0. The van der Waals surface area contributed by atoms with Crippen LogP contribution in [0.3, 0.4) is 0 Å². The van der Waals surface area contributed by atoms with Gasteiger partial charge in [-0.3, -0.25) is 18.7 Å². The highest BCUT2D eigenvalue weighted by Gasteiger charge is 2.25. The Bertz CT molecular complexity index is 915. The molecule has 0 N–H and O–H groups in total. The van der Waals surface area contributed by atoms with Crippen molar-refractivity contribution in [2.75, 3.05) is 13.1 Å². The molecule has 0 aliphatic carbocycles. The summed E-state index contributed by atoms with van der Waals surface area (Å²) in [6, 6.07) is 0. The molecule has 1 fully saturated rings. The van der Waals surface area contributed by atoms with Crippen LogP contribution in [0.25, 0.3) is 11.2 Å². The normalized spacial score (nSPS) is 21.0. The number of hydrogen-bond acceptors (Lipinski definition) is 5. The van der Waals surface area contributed by atoms with E-state index < -0.39 is 11.2 Å². The number of aromatic nitrogens is 4. The summed E-state index contributed by atoms with van der Waals surface area (Å²) in [6.45, 7) is 5.38. The molecule has 0 bridgehead atoms. The third kappa shape index (κ3) is 3.11. The zero-order valence-electron chi connectivity index (χ0n) is 14.9. The quantitative estimate of drug-likeness (QED) is 0.742. The largest absolute Gasteiger partial charge is 0.372 e. The molecule has 2 atom stereocenters. The predicted octanol–water partition coefficient (Wildman–Crippen LogP) is -0.540. The Morgan fingerprint density at radius 2 is 1.84 bits per heavy atom. The second-order valence-electron chi connectivity index (χ2n) is 6.62. The summed E-state index contributed by atoms with van der Waals surface area (Å²) in [5.74, 6) is 0.0190. The average Bonchev–Trinajstić information content (AvgIpc) is 2.99. The van der Waals surface area contributed by atoms with E-state index in [1.54, 1.807) is 16.5 Å². The molecule has 1 aliphatic heterocycles. The smallest absolute Gasteiger partial charge is 0.332 e. The van der Waals surface area contributed by atoms with E-state index in [1.165, 1.54) is 17.9 Å². The minimum Gasteiger partial charge on any atom is -0.372 e. The first-order valence-electron chi connectivity index (χ1n) is 8.33. The first kappa shape index (κ1) is 17.4. The lowest BCUT2D eigenvalue weighted by atomic mass is 10.2.